The number of carbonyl (C=O) groups excluding carboxylic acids is 2. The lowest BCUT2D eigenvalue weighted by Gasteiger charge is -2.45. The molecule has 0 bridgehead atoms. The van der Waals surface area contributed by atoms with Crippen LogP contribution < -0.4 is 11.1 Å². The van der Waals surface area contributed by atoms with Crippen LogP contribution in [0.2, 0.25) is 0 Å². The maximum absolute atomic E-state index is 13.2. The van der Waals surface area contributed by atoms with Crippen molar-refractivity contribution in [2.75, 3.05) is 27.3 Å². The van der Waals surface area contributed by atoms with Crippen molar-refractivity contribution in [3.05, 3.63) is 0 Å². The Balaban J connectivity index is 2.19. The molecule has 0 spiro atoms. The number of hydrogen-bond acceptors (Lipinski definition) is 6. The zero-order chi connectivity index (χ0) is 18.4. The zero-order valence-corrected chi connectivity index (χ0v) is 15.8. The van der Waals surface area contributed by atoms with Crippen LogP contribution in [-0.2, 0) is 19.1 Å². The molecule has 25 heavy (non-hydrogen) atoms. The molecule has 1 unspecified atom stereocenters. The quantitative estimate of drug-likeness (QED) is 0.523. The predicted octanol–water partition coefficient (Wildman–Crippen LogP) is 1.01. The molecular formula is C18H33N3O4. The van der Waals surface area contributed by atoms with Gasteiger partial charge in [0.15, 0.2) is 5.78 Å². The highest BCUT2D eigenvalue weighted by Gasteiger charge is 2.45. The fraction of sp³-hybridized carbons (Fsp3) is 0.889. The van der Waals surface area contributed by atoms with Crippen LogP contribution in [0.3, 0.4) is 0 Å². The molecule has 0 aromatic carbocycles. The predicted molar refractivity (Wildman–Crippen MR) is 94.7 cm³/mol. The summed E-state index contributed by atoms with van der Waals surface area (Å²) in [5, 5.41) is 3.28. The van der Waals surface area contributed by atoms with E-state index in [9.17, 15) is 9.59 Å². The Kier molecular flexibility index (Phi) is 7.37. The number of methoxy groups -OCH3 is 2. The SMILES string of the molecule is COC(C)(OC)N(C(=O)C(N)C(=O)C1CCCCC1)C1CCNCC1. The van der Waals surface area contributed by atoms with Crippen LogP contribution in [0.5, 0.6) is 0 Å². The second-order valence-electron chi connectivity index (χ2n) is 7.21. The molecule has 3 N–H and O–H groups in total. The van der Waals surface area contributed by atoms with Crippen LogP contribution >= 0.6 is 0 Å². The van der Waals surface area contributed by atoms with Crippen molar-refractivity contribution in [2.45, 2.75) is 69.9 Å². The largest absolute Gasteiger partial charge is 0.336 e. The highest BCUT2D eigenvalue weighted by Crippen LogP contribution is 2.28. The van der Waals surface area contributed by atoms with Gasteiger partial charge in [-0.15, -0.1) is 0 Å². The van der Waals surface area contributed by atoms with Crippen LogP contribution in [0.1, 0.15) is 51.9 Å². The van der Waals surface area contributed by atoms with E-state index in [1.807, 2.05) is 0 Å². The minimum absolute atomic E-state index is 0.0659. The van der Waals surface area contributed by atoms with E-state index in [2.05, 4.69) is 5.32 Å². The smallest absolute Gasteiger partial charge is 0.251 e. The second-order valence-corrected chi connectivity index (χ2v) is 7.21. The van der Waals surface area contributed by atoms with E-state index < -0.39 is 17.9 Å². The highest BCUT2D eigenvalue weighted by molar-refractivity contribution is 6.06. The first-order chi connectivity index (χ1) is 11.9. The molecule has 1 saturated heterocycles. The van der Waals surface area contributed by atoms with Gasteiger partial charge in [0.05, 0.1) is 0 Å². The van der Waals surface area contributed by atoms with Crippen molar-refractivity contribution in [3.63, 3.8) is 0 Å². The number of nitrogens with one attached hydrogen (secondary N) is 1. The van der Waals surface area contributed by atoms with Gasteiger partial charge in [-0.05, 0) is 38.8 Å². The van der Waals surface area contributed by atoms with E-state index in [0.717, 1.165) is 58.0 Å². The van der Waals surface area contributed by atoms with Crippen LogP contribution in [0.4, 0.5) is 0 Å². The third kappa shape index (κ3) is 4.58. The molecule has 2 fully saturated rings. The summed E-state index contributed by atoms with van der Waals surface area (Å²) < 4.78 is 11.0. The molecule has 144 valence electrons. The number of amides is 1. The van der Waals surface area contributed by atoms with E-state index in [1.165, 1.54) is 14.2 Å². The van der Waals surface area contributed by atoms with Gasteiger partial charge in [-0.1, -0.05) is 19.3 Å². The molecule has 7 heteroatoms. The Hall–Kier alpha value is -1.02. The molecule has 1 heterocycles. The first kappa shape index (κ1) is 20.3. The molecule has 2 aliphatic rings. The van der Waals surface area contributed by atoms with Crippen molar-refractivity contribution >= 4 is 11.7 Å². The zero-order valence-electron chi connectivity index (χ0n) is 15.8. The third-order valence-corrected chi connectivity index (χ3v) is 5.69. The van der Waals surface area contributed by atoms with Gasteiger partial charge < -0.3 is 20.5 Å². The normalized spacial score (nSPS) is 21.8. The molecule has 0 aromatic rings. The van der Waals surface area contributed by atoms with E-state index >= 15 is 0 Å². The molecule has 1 aliphatic carbocycles. The van der Waals surface area contributed by atoms with Crippen LogP contribution in [-0.4, -0.2) is 61.9 Å². The number of rotatable bonds is 7. The molecule has 1 saturated carbocycles. The maximum atomic E-state index is 13.2. The van der Waals surface area contributed by atoms with E-state index in [4.69, 9.17) is 15.2 Å². The first-order valence-corrected chi connectivity index (χ1v) is 9.38. The van der Waals surface area contributed by atoms with Crippen molar-refractivity contribution in [3.8, 4) is 0 Å². The van der Waals surface area contributed by atoms with Crippen LogP contribution in [0.25, 0.3) is 0 Å². The van der Waals surface area contributed by atoms with Gasteiger partial charge >= 0.3 is 0 Å². The topological polar surface area (TPSA) is 93.9 Å². The number of ether oxygens (including phenoxy) is 2. The third-order valence-electron chi connectivity index (χ3n) is 5.69. The Labute approximate surface area is 150 Å². The monoisotopic (exact) mass is 355 g/mol. The summed E-state index contributed by atoms with van der Waals surface area (Å²) in [7, 11) is 3.00. The number of piperidine rings is 1. The minimum atomic E-state index is -1.23. The maximum Gasteiger partial charge on any atom is 0.251 e. The molecular weight excluding hydrogens is 322 g/mol. The summed E-state index contributed by atoms with van der Waals surface area (Å²) in [6.07, 6.45) is 6.43. The Bertz CT molecular complexity index is 455. The Morgan fingerprint density at radius 1 is 1.08 bits per heavy atom. The second kappa shape index (κ2) is 9.07. The lowest BCUT2D eigenvalue weighted by Crippen LogP contribution is -2.64. The summed E-state index contributed by atoms with van der Waals surface area (Å²) in [5.74, 6) is -1.87. The van der Waals surface area contributed by atoms with Crippen molar-refractivity contribution < 1.29 is 19.1 Å². The van der Waals surface area contributed by atoms with Gasteiger partial charge in [0, 0.05) is 33.1 Å². The summed E-state index contributed by atoms with van der Waals surface area (Å²) >= 11 is 0. The fourth-order valence-corrected chi connectivity index (χ4v) is 3.97. The molecule has 1 atom stereocenters. The summed E-state index contributed by atoms with van der Waals surface area (Å²) in [5.41, 5.74) is 6.14. The molecule has 0 radical (unpaired) electrons. The van der Waals surface area contributed by atoms with Crippen molar-refractivity contribution in [2.24, 2.45) is 11.7 Å². The average molecular weight is 355 g/mol. The number of nitrogens with two attached hydrogens (primary N) is 1. The molecule has 1 aliphatic heterocycles. The van der Waals surface area contributed by atoms with Crippen molar-refractivity contribution in [1.82, 2.24) is 10.2 Å². The number of carbonyl (C=O) groups is 2. The van der Waals surface area contributed by atoms with Gasteiger partial charge in [-0.3, -0.25) is 14.5 Å². The Morgan fingerprint density at radius 3 is 2.16 bits per heavy atom. The number of nitrogens with zero attached hydrogens (tertiary/aromatic N) is 1. The number of ketones is 1. The lowest BCUT2D eigenvalue weighted by molar-refractivity contribution is -0.286. The van der Waals surface area contributed by atoms with E-state index in [-0.39, 0.29) is 17.7 Å². The lowest BCUT2D eigenvalue weighted by atomic mass is 9.83. The Morgan fingerprint density at radius 2 is 1.64 bits per heavy atom. The van der Waals surface area contributed by atoms with Crippen LogP contribution in [0, 0.1) is 5.92 Å². The van der Waals surface area contributed by atoms with Crippen LogP contribution in [0.15, 0.2) is 0 Å². The van der Waals surface area contributed by atoms with Gasteiger partial charge in [-0.2, -0.15) is 0 Å². The molecule has 2 rings (SSSR count). The summed E-state index contributed by atoms with van der Waals surface area (Å²) in [6, 6.07) is -1.22. The molecule has 0 aromatic heterocycles. The average Bonchev–Trinajstić information content (AvgIpc) is 2.68. The number of Topliss-reactive ketones (excluding diaryl/α,β-unsaturated/α-hetero) is 1. The fourth-order valence-electron chi connectivity index (χ4n) is 3.97. The summed E-state index contributed by atoms with van der Waals surface area (Å²) in [6.45, 7) is 3.32. The van der Waals surface area contributed by atoms with Gasteiger partial charge in [0.2, 0.25) is 0 Å². The minimum Gasteiger partial charge on any atom is -0.336 e. The van der Waals surface area contributed by atoms with E-state index in [1.54, 1.807) is 11.8 Å². The van der Waals surface area contributed by atoms with E-state index in [0.29, 0.717) is 0 Å². The number of hydrogen-bond donors (Lipinski definition) is 2. The van der Waals surface area contributed by atoms with Gasteiger partial charge in [0.25, 0.3) is 11.8 Å². The molecule has 1 amide bonds. The standard InChI is InChI=1S/C18H33N3O4/c1-18(24-2,25-3)21(14-9-11-20-12-10-14)17(23)15(19)16(22)13-7-5-4-6-8-13/h13-15,20H,4-12,19H2,1-3H3. The van der Waals surface area contributed by atoms with Gasteiger partial charge in [0.1, 0.15) is 6.04 Å². The van der Waals surface area contributed by atoms with Gasteiger partial charge in [-0.25, -0.2) is 0 Å². The van der Waals surface area contributed by atoms with Crippen molar-refractivity contribution in [1.29, 1.82) is 0 Å². The molecule has 7 nitrogen and oxygen atoms in total. The summed E-state index contributed by atoms with van der Waals surface area (Å²) in [4.78, 5) is 27.5. The first-order valence-electron chi connectivity index (χ1n) is 9.38. The highest BCUT2D eigenvalue weighted by atomic mass is 16.7.